The highest BCUT2D eigenvalue weighted by molar-refractivity contribution is 6.07. The maximum atomic E-state index is 13.8. The van der Waals surface area contributed by atoms with Gasteiger partial charge in [0, 0.05) is 38.7 Å². The van der Waals surface area contributed by atoms with Crippen molar-refractivity contribution >= 4 is 23.2 Å². The molecule has 25 heavy (non-hydrogen) atoms. The highest BCUT2D eigenvalue weighted by Gasteiger charge is 2.22. The van der Waals surface area contributed by atoms with Gasteiger partial charge >= 0.3 is 0 Å². The van der Waals surface area contributed by atoms with Crippen molar-refractivity contribution in [3.05, 3.63) is 41.2 Å². The highest BCUT2D eigenvalue weighted by atomic mass is 19.1. The van der Waals surface area contributed by atoms with Gasteiger partial charge in [-0.05, 0) is 24.1 Å². The lowest BCUT2D eigenvalue weighted by atomic mass is 10.0. The Morgan fingerprint density at radius 3 is 3.00 bits per heavy atom. The van der Waals surface area contributed by atoms with Crippen LogP contribution in [0, 0.1) is 5.82 Å². The Morgan fingerprint density at radius 2 is 2.12 bits per heavy atom. The summed E-state index contributed by atoms with van der Waals surface area (Å²) < 4.78 is 15.8. The van der Waals surface area contributed by atoms with Gasteiger partial charge in [-0.2, -0.15) is 0 Å². The summed E-state index contributed by atoms with van der Waals surface area (Å²) in [5, 5.41) is 8.67. The summed E-state index contributed by atoms with van der Waals surface area (Å²) in [5.74, 6) is -0.154. The number of hydrogen-bond donors (Lipinski definition) is 3. The number of carbonyl (C=O) groups excluding carboxylic acids is 2. The van der Waals surface area contributed by atoms with Crippen LogP contribution in [0.1, 0.15) is 28.3 Å². The van der Waals surface area contributed by atoms with Crippen LogP contribution in [0.25, 0.3) is 0 Å². The molecule has 0 saturated carbocycles. The lowest BCUT2D eigenvalue weighted by Gasteiger charge is -2.20. The fourth-order valence-corrected chi connectivity index (χ4v) is 3.22. The zero-order chi connectivity index (χ0) is 17.4. The van der Waals surface area contributed by atoms with Crippen LogP contribution in [-0.4, -0.2) is 34.5 Å². The van der Waals surface area contributed by atoms with Gasteiger partial charge in [0.2, 0.25) is 5.91 Å². The van der Waals surface area contributed by atoms with E-state index in [-0.39, 0.29) is 17.3 Å². The van der Waals surface area contributed by atoms with Gasteiger partial charge in [0.1, 0.15) is 17.3 Å². The zero-order valence-electron chi connectivity index (χ0n) is 13.6. The van der Waals surface area contributed by atoms with Crippen LogP contribution in [0.2, 0.25) is 0 Å². The van der Waals surface area contributed by atoms with Gasteiger partial charge in [0.25, 0.3) is 5.91 Å². The summed E-state index contributed by atoms with van der Waals surface area (Å²) in [6.45, 7) is 2.40. The quantitative estimate of drug-likeness (QED) is 0.767. The third-order valence-electron chi connectivity index (χ3n) is 4.47. The van der Waals surface area contributed by atoms with Crippen molar-refractivity contribution in [2.45, 2.75) is 25.8 Å². The number of nitrogens with one attached hydrogen (secondary N) is 3. The molecule has 2 aliphatic rings. The van der Waals surface area contributed by atoms with Crippen molar-refractivity contribution in [1.82, 2.24) is 14.9 Å². The molecular formula is C17H18FN5O2. The molecule has 2 aliphatic heterocycles. The number of anilines is 2. The third-order valence-corrected chi connectivity index (χ3v) is 4.47. The number of carbonyl (C=O) groups is 2. The van der Waals surface area contributed by atoms with Crippen LogP contribution in [0.3, 0.4) is 0 Å². The number of rotatable bonds is 2. The first-order valence-corrected chi connectivity index (χ1v) is 8.30. The maximum absolute atomic E-state index is 13.8. The van der Waals surface area contributed by atoms with Gasteiger partial charge in [0.15, 0.2) is 0 Å². The molecule has 0 atom stereocenters. The maximum Gasteiger partial charge on any atom is 0.275 e. The van der Waals surface area contributed by atoms with E-state index in [1.807, 2.05) is 4.57 Å². The van der Waals surface area contributed by atoms with Gasteiger partial charge in [-0.25, -0.2) is 9.37 Å². The Kier molecular flexibility index (Phi) is 3.96. The van der Waals surface area contributed by atoms with Gasteiger partial charge in [-0.15, -0.1) is 0 Å². The smallest absolute Gasteiger partial charge is 0.275 e. The molecule has 0 fully saturated rings. The van der Waals surface area contributed by atoms with Crippen LogP contribution < -0.4 is 16.0 Å². The summed E-state index contributed by atoms with van der Waals surface area (Å²) >= 11 is 0. The normalized spacial score (nSPS) is 16.4. The van der Waals surface area contributed by atoms with E-state index < -0.39 is 11.7 Å². The second-order valence-corrected chi connectivity index (χ2v) is 6.23. The predicted octanol–water partition coefficient (Wildman–Crippen LogP) is 1.30. The average Bonchev–Trinajstić information content (AvgIpc) is 2.86. The van der Waals surface area contributed by atoms with E-state index in [9.17, 15) is 14.0 Å². The van der Waals surface area contributed by atoms with Crippen LogP contribution in [0.4, 0.5) is 15.8 Å². The molecule has 0 saturated heterocycles. The number of nitrogens with zero attached hydrogens (tertiary/aromatic N) is 2. The van der Waals surface area contributed by atoms with Crippen molar-refractivity contribution in [3.8, 4) is 0 Å². The molecule has 2 amide bonds. The van der Waals surface area contributed by atoms with E-state index in [2.05, 4.69) is 20.9 Å². The molecule has 0 aliphatic carbocycles. The summed E-state index contributed by atoms with van der Waals surface area (Å²) in [6, 6.07) is 2.60. The van der Waals surface area contributed by atoms with Crippen LogP contribution in [0.5, 0.6) is 0 Å². The molecule has 4 rings (SSSR count). The molecule has 0 radical (unpaired) electrons. The minimum atomic E-state index is -0.447. The minimum absolute atomic E-state index is 0.143. The third kappa shape index (κ3) is 3.12. The summed E-state index contributed by atoms with van der Waals surface area (Å²) in [6.07, 6.45) is 3.22. The Balaban J connectivity index is 1.61. The predicted molar refractivity (Wildman–Crippen MR) is 90.1 cm³/mol. The first-order chi connectivity index (χ1) is 12.1. The lowest BCUT2D eigenvalue weighted by molar-refractivity contribution is -0.116. The number of aromatic nitrogens is 2. The average molecular weight is 343 g/mol. The van der Waals surface area contributed by atoms with Crippen molar-refractivity contribution in [2.75, 3.05) is 23.7 Å². The molecular weight excluding hydrogens is 325 g/mol. The standard InChI is InChI=1S/C17H18FN5O2/c18-11-7-10-1-2-15(24)22-16(10)12(8-11)21-17(25)13-9-23-6-5-19-4-3-14(23)20-13/h7-9,19H,1-6H2,(H,21,25)(H,22,24). The molecule has 1 aromatic carbocycles. The number of hydrogen-bond acceptors (Lipinski definition) is 4. The zero-order valence-corrected chi connectivity index (χ0v) is 13.6. The van der Waals surface area contributed by atoms with E-state index in [1.54, 1.807) is 6.20 Å². The molecule has 3 heterocycles. The molecule has 2 aromatic rings. The second kappa shape index (κ2) is 6.29. The monoisotopic (exact) mass is 343 g/mol. The molecule has 130 valence electrons. The molecule has 3 N–H and O–H groups in total. The van der Waals surface area contributed by atoms with Gasteiger partial charge in [-0.1, -0.05) is 0 Å². The SMILES string of the molecule is O=C1CCc2cc(F)cc(NC(=O)c3cn4c(n3)CCNCC4)c2N1. The molecule has 0 unspecified atom stereocenters. The Labute approximate surface area is 143 Å². The van der Waals surface area contributed by atoms with E-state index in [4.69, 9.17) is 0 Å². The lowest BCUT2D eigenvalue weighted by Crippen LogP contribution is -2.22. The number of benzene rings is 1. The summed E-state index contributed by atoms with van der Waals surface area (Å²) in [4.78, 5) is 28.6. The Bertz CT molecular complexity index is 837. The van der Waals surface area contributed by atoms with E-state index in [0.717, 1.165) is 31.9 Å². The Morgan fingerprint density at radius 1 is 1.24 bits per heavy atom. The molecule has 8 heteroatoms. The van der Waals surface area contributed by atoms with Gasteiger partial charge in [0.05, 0.1) is 11.4 Å². The van der Waals surface area contributed by atoms with E-state index in [1.165, 1.54) is 12.1 Å². The number of imidazole rings is 1. The van der Waals surface area contributed by atoms with Crippen LogP contribution in [0.15, 0.2) is 18.3 Å². The first-order valence-electron chi connectivity index (χ1n) is 8.30. The number of amides is 2. The summed E-state index contributed by atoms with van der Waals surface area (Å²) in [5.41, 5.74) is 1.70. The second-order valence-electron chi connectivity index (χ2n) is 6.23. The largest absolute Gasteiger partial charge is 0.333 e. The van der Waals surface area contributed by atoms with Gasteiger partial charge in [-0.3, -0.25) is 9.59 Å². The van der Waals surface area contributed by atoms with Crippen LogP contribution >= 0.6 is 0 Å². The van der Waals surface area contributed by atoms with Crippen molar-refractivity contribution in [1.29, 1.82) is 0 Å². The van der Waals surface area contributed by atoms with E-state index in [0.29, 0.717) is 24.1 Å². The van der Waals surface area contributed by atoms with Gasteiger partial charge < -0.3 is 20.5 Å². The first kappa shape index (κ1) is 15.8. The highest BCUT2D eigenvalue weighted by Crippen LogP contribution is 2.32. The van der Waals surface area contributed by atoms with Crippen molar-refractivity contribution in [2.24, 2.45) is 0 Å². The molecule has 7 nitrogen and oxygen atoms in total. The molecule has 1 aromatic heterocycles. The topological polar surface area (TPSA) is 88.0 Å². The number of halogens is 1. The fourth-order valence-electron chi connectivity index (χ4n) is 3.22. The number of aryl methyl sites for hydroxylation is 1. The fraction of sp³-hybridized carbons (Fsp3) is 0.353. The minimum Gasteiger partial charge on any atom is -0.333 e. The van der Waals surface area contributed by atoms with Crippen molar-refractivity contribution in [3.63, 3.8) is 0 Å². The van der Waals surface area contributed by atoms with E-state index >= 15 is 0 Å². The van der Waals surface area contributed by atoms with Crippen molar-refractivity contribution < 1.29 is 14.0 Å². The summed E-state index contributed by atoms with van der Waals surface area (Å²) in [7, 11) is 0. The van der Waals surface area contributed by atoms with Crippen LogP contribution in [-0.2, 0) is 24.2 Å². The molecule has 0 spiro atoms. The number of fused-ring (bicyclic) bond motifs is 2. The Hall–Kier alpha value is -2.74. The molecule has 0 bridgehead atoms.